The second-order valence-corrected chi connectivity index (χ2v) is 7.31. The van der Waals surface area contributed by atoms with Crippen LogP contribution >= 0.6 is 11.8 Å². The van der Waals surface area contributed by atoms with Gasteiger partial charge in [-0.1, -0.05) is 66.7 Å². The molecule has 6 heteroatoms. The summed E-state index contributed by atoms with van der Waals surface area (Å²) >= 11 is 1.41. The van der Waals surface area contributed by atoms with Gasteiger partial charge < -0.3 is 5.32 Å². The number of carbonyl (C=O) groups is 1. The first-order valence-corrected chi connectivity index (χ1v) is 10.1. The predicted molar refractivity (Wildman–Crippen MR) is 109 cm³/mol. The van der Waals surface area contributed by atoms with E-state index in [0.29, 0.717) is 18.7 Å². The van der Waals surface area contributed by atoms with Gasteiger partial charge in [0, 0.05) is 18.7 Å². The summed E-state index contributed by atoms with van der Waals surface area (Å²) in [5.74, 6) is 1.21. The van der Waals surface area contributed by atoms with Gasteiger partial charge in [0.2, 0.25) is 5.91 Å². The molecule has 0 aliphatic heterocycles. The lowest BCUT2D eigenvalue weighted by Crippen LogP contribution is -2.25. The maximum atomic E-state index is 12.0. The fourth-order valence-electron chi connectivity index (χ4n) is 2.69. The molecule has 3 aromatic rings. The zero-order valence-electron chi connectivity index (χ0n) is 15.7. The number of nitrogens with one attached hydrogen (secondary N) is 1. The number of aryl methyl sites for hydroxylation is 1. The number of hydrogen-bond acceptors (Lipinski definition) is 4. The van der Waals surface area contributed by atoms with Crippen LogP contribution in [-0.2, 0) is 11.2 Å². The minimum absolute atomic E-state index is 0.0184. The van der Waals surface area contributed by atoms with Crippen LogP contribution in [0.1, 0.15) is 30.3 Å². The van der Waals surface area contributed by atoms with E-state index >= 15 is 0 Å². The average Bonchev–Trinajstić information content (AvgIpc) is 3.08. The molecule has 1 N–H and O–H groups in total. The van der Waals surface area contributed by atoms with Crippen LogP contribution in [0, 0.1) is 6.92 Å². The SMILES string of the molecule is CCCNC(=O)CSc1nnc(Cc2ccccc2)n1-c1ccc(C)cc1. The van der Waals surface area contributed by atoms with Crippen molar-refractivity contribution in [3.63, 3.8) is 0 Å². The molecule has 0 spiro atoms. The first-order valence-electron chi connectivity index (χ1n) is 9.12. The van der Waals surface area contributed by atoms with Crippen LogP contribution in [0.15, 0.2) is 59.8 Å². The lowest BCUT2D eigenvalue weighted by molar-refractivity contribution is -0.118. The van der Waals surface area contributed by atoms with Gasteiger partial charge in [0.1, 0.15) is 5.82 Å². The quantitative estimate of drug-likeness (QED) is 0.604. The molecule has 0 saturated carbocycles. The standard InChI is InChI=1S/C21H24N4OS/c1-3-13-22-20(26)15-27-21-24-23-19(14-17-7-5-4-6-8-17)25(21)18-11-9-16(2)10-12-18/h4-12H,3,13-15H2,1-2H3,(H,22,26). The van der Waals surface area contributed by atoms with Crippen molar-refractivity contribution in [3.8, 4) is 5.69 Å². The van der Waals surface area contributed by atoms with E-state index < -0.39 is 0 Å². The van der Waals surface area contributed by atoms with Crippen LogP contribution in [0.2, 0.25) is 0 Å². The number of amides is 1. The number of carbonyl (C=O) groups excluding carboxylic acids is 1. The van der Waals surface area contributed by atoms with Gasteiger partial charge >= 0.3 is 0 Å². The summed E-state index contributed by atoms with van der Waals surface area (Å²) in [7, 11) is 0. The molecule has 3 rings (SSSR count). The molecular weight excluding hydrogens is 356 g/mol. The molecule has 0 aliphatic rings. The van der Waals surface area contributed by atoms with Crippen LogP contribution < -0.4 is 5.32 Å². The van der Waals surface area contributed by atoms with Crippen LogP contribution in [0.3, 0.4) is 0 Å². The van der Waals surface area contributed by atoms with Crippen molar-refractivity contribution in [2.24, 2.45) is 0 Å². The van der Waals surface area contributed by atoms with Gasteiger partial charge in [-0.25, -0.2) is 0 Å². The van der Waals surface area contributed by atoms with E-state index in [2.05, 4.69) is 58.8 Å². The van der Waals surface area contributed by atoms with Gasteiger partial charge in [0.25, 0.3) is 0 Å². The van der Waals surface area contributed by atoms with E-state index in [4.69, 9.17) is 0 Å². The van der Waals surface area contributed by atoms with E-state index in [0.717, 1.165) is 23.1 Å². The van der Waals surface area contributed by atoms with E-state index in [-0.39, 0.29) is 5.91 Å². The first-order chi connectivity index (χ1) is 13.2. The number of benzene rings is 2. The Kier molecular flexibility index (Phi) is 6.65. The number of nitrogens with zero attached hydrogens (tertiary/aromatic N) is 3. The zero-order valence-corrected chi connectivity index (χ0v) is 16.5. The monoisotopic (exact) mass is 380 g/mol. The third-order valence-corrected chi connectivity index (χ3v) is 5.03. The predicted octanol–water partition coefficient (Wildman–Crippen LogP) is 3.78. The van der Waals surface area contributed by atoms with Crippen molar-refractivity contribution in [3.05, 3.63) is 71.5 Å². The molecular formula is C21H24N4OS. The van der Waals surface area contributed by atoms with Gasteiger partial charge in [-0.15, -0.1) is 10.2 Å². The van der Waals surface area contributed by atoms with E-state index in [1.54, 1.807) is 0 Å². The van der Waals surface area contributed by atoms with Crippen molar-refractivity contribution in [2.45, 2.75) is 31.8 Å². The molecule has 1 aromatic heterocycles. The highest BCUT2D eigenvalue weighted by Gasteiger charge is 2.16. The fraction of sp³-hybridized carbons (Fsp3) is 0.286. The topological polar surface area (TPSA) is 59.8 Å². The summed E-state index contributed by atoms with van der Waals surface area (Å²) < 4.78 is 2.05. The second kappa shape index (κ2) is 9.37. The fourth-order valence-corrected chi connectivity index (χ4v) is 3.49. The maximum Gasteiger partial charge on any atom is 0.230 e. The van der Waals surface area contributed by atoms with Gasteiger partial charge in [0.05, 0.1) is 5.75 Å². The normalized spacial score (nSPS) is 10.7. The summed E-state index contributed by atoms with van der Waals surface area (Å²) in [5.41, 5.74) is 3.38. The molecule has 0 fully saturated rings. The zero-order chi connectivity index (χ0) is 19.1. The number of aromatic nitrogens is 3. The molecule has 1 amide bonds. The van der Waals surface area contributed by atoms with E-state index in [1.165, 1.54) is 22.9 Å². The Morgan fingerprint density at radius 2 is 1.81 bits per heavy atom. The molecule has 0 saturated heterocycles. The highest BCUT2D eigenvalue weighted by molar-refractivity contribution is 7.99. The summed E-state index contributed by atoms with van der Waals surface area (Å²) in [4.78, 5) is 12.0. The Balaban J connectivity index is 1.86. The number of rotatable bonds is 8. The van der Waals surface area contributed by atoms with Crippen molar-refractivity contribution < 1.29 is 4.79 Å². The Bertz CT molecular complexity index is 875. The Morgan fingerprint density at radius 1 is 1.07 bits per heavy atom. The Labute approximate surface area is 164 Å². The van der Waals surface area contributed by atoms with Gasteiger partial charge in [-0.3, -0.25) is 9.36 Å². The third kappa shape index (κ3) is 5.20. The minimum Gasteiger partial charge on any atom is -0.355 e. The molecule has 5 nitrogen and oxygen atoms in total. The van der Waals surface area contributed by atoms with E-state index in [1.807, 2.05) is 29.7 Å². The van der Waals surface area contributed by atoms with Crippen molar-refractivity contribution >= 4 is 17.7 Å². The third-order valence-electron chi connectivity index (χ3n) is 4.10. The Morgan fingerprint density at radius 3 is 2.52 bits per heavy atom. The van der Waals surface area contributed by atoms with Crippen molar-refractivity contribution in [1.29, 1.82) is 0 Å². The summed E-state index contributed by atoms with van der Waals surface area (Å²) in [5, 5.41) is 12.4. The summed E-state index contributed by atoms with van der Waals surface area (Å²) in [6.07, 6.45) is 1.61. The number of thioether (sulfide) groups is 1. The van der Waals surface area contributed by atoms with Crippen LogP contribution in [0.5, 0.6) is 0 Å². The van der Waals surface area contributed by atoms with Crippen LogP contribution in [-0.4, -0.2) is 33.0 Å². The van der Waals surface area contributed by atoms with Gasteiger partial charge in [-0.2, -0.15) is 0 Å². The molecule has 2 aromatic carbocycles. The highest BCUT2D eigenvalue weighted by atomic mass is 32.2. The molecule has 0 bridgehead atoms. The van der Waals surface area contributed by atoms with Crippen molar-refractivity contribution in [2.75, 3.05) is 12.3 Å². The first kappa shape index (κ1) is 19.2. The average molecular weight is 381 g/mol. The molecule has 140 valence electrons. The van der Waals surface area contributed by atoms with Crippen molar-refractivity contribution in [1.82, 2.24) is 20.1 Å². The minimum atomic E-state index is 0.0184. The molecule has 0 aliphatic carbocycles. The maximum absolute atomic E-state index is 12.0. The van der Waals surface area contributed by atoms with Crippen LogP contribution in [0.4, 0.5) is 0 Å². The van der Waals surface area contributed by atoms with Crippen LogP contribution in [0.25, 0.3) is 5.69 Å². The smallest absolute Gasteiger partial charge is 0.230 e. The Hall–Kier alpha value is -2.60. The molecule has 0 atom stereocenters. The number of hydrogen-bond donors (Lipinski definition) is 1. The lowest BCUT2D eigenvalue weighted by atomic mass is 10.1. The molecule has 27 heavy (non-hydrogen) atoms. The van der Waals surface area contributed by atoms with Gasteiger partial charge in [0.15, 0.2) is 5.16 Å². The molecule has 1 heterocycles. The van der Waals surface area contributed by atoms with Gasteiger partial charge in [-0.05, 0) is 31.0 Å². The van der Waals surface area contributed by atoms with E-state index in [9.17, 15) is 4.79 Å². The summed E-state index contributed by atoms with van der Waals surface area (Å²) in [6, 6.07) is 18.5. The lowest BCUT2D eigenvalue weighted by Gasteiger charge is -2.11. The highest BCUT2D eigenvalue weighted by Crippen LogP contribution is 2.23. The second-order valence-electron chi connectivity index (χ2n) is 6.37. The molecule has 0 unspecified atom stereocenters. The largest absolute Gasteiger partial charge is 0.355 e. The molecule has 0 radical (unpaired) electrons. The summed E-state index contributed by atoms with van der Waals surface area (Å²) in [6.45, 7) is 4.80.